The summed E-state index contributed by atoms with van der Waals surface area (Å²) in [4.78, 5) is 13.7. The Hall–Kier alpha value is -1.09. The van der Waals surface area contributed by atoms with E-state index >= 15 is 0 Å². The number of aromatic nitrogens is 1. The Labute approximate surface area is 69.0 Å². The lowest BCUT2D eigenvalue weighted by Gasteiger charge is -1.97. The number of pyridine rings is 1. The van der Waals surface area contributed by atoms with Crippen molar-refractivity contribution in [2.75, 3.05) is 0 Å². The van der Waals surface area contributed by atoms with Crippen LogP contribution in [0.1, 0.15) is 5.69 Å². The summed E-state index contributed by atoms with van der Waals surface area (Å²) in [6.07, 6.45) is 0. The molecule has 11 heavy (non-hydrogen) atoms. The predicted octanol–water partition coefficient (Wildman–Crippen LogP) is 1.41. The smallest absolute Gasteiger partial charge is 0.293 e. The standard InChI is InChI=1S/C7H6ClNO2/c8-7-3-1-2-6(9-7)4-11-5-10/h1-3,5H,4H2. The number of carbonyl (C=O) groups is 1. The zero-order valence-electron chi connectivity index (χ0n) is 5.66. The Morgan fingerprint density at radius 3 is 3.09 bits per heavy atom. The lowest BCUT2D eigenvalue weighted by atomic mass is 10.4. The van der Waals surface area contributed by atoms with E-state index in [1.807, 2.05) is 0 Å². The third-order valence-corrected chi connectivity index (χ3v) is 1.28. The number of halogens is 1. The van der Waals surface area contributed by atoms with Gasteiger partial charge in [0.15, 0.2) is 0 Å². The third-order valence-electron chi connectivity index (χ3n) is 1.07. The molecular weight excluding hydrogens is 166 g/mol. The van der Waals surface area contributed by atoms with Gasteiger partial charge in [-0.05, 0) is 12.1 Å². The zero-order valence-corrected chi connectivity index (χ0v) is 6.41. The third kappa shape index (κ3) is 2.55. The van der Waals surface area contributed by atoms with Gasteiger partial charge in [-0.3, -0.25) is 4.79 Å². The van der Waals surface area contributed by atoms with Gasteiger partial charge in [-0.15, -0.1) is 0 Å². The predicted molar refractivity (Wildman–Crippen MR) is 40.1 cm³/mol. The van der Waals surface area contributed by atoms with E-state index in [4.69, 9.17) is 11.6 Å². The van der Waals surface area contributed by atoms with Crippen LogP contribution in [0.25, 0.3) is 0 Å². The van der Waals surface area contributed by atoms with Gasteiger partial charge in [-0.1, -0.05) is 17.7 Å². The first-order valence-electron chi connectivity index (χ1n) is 2.99. The molecule has 0 aliphatic heterocycles. The normalized spacial score (nSPS) is 9.18. The van der Waals surface area contributed by atoms with E-state index in [2.05, 4.69) is 9.72 Å². The fraction of sp³-hybridized carbons (Fsp3) is 0.143. The minimum atomic E-state index is 0.171. The van der Waals surface area contributed by atoms with Crippen molar-refractivity contribution in [3.63, 3.8) is 0 Å². The average Bonchev–Trinajstić information content (AvgIpc) is 2.01. The summed E-state index contributed by atoms with van der Waals surface area (Å²) < 4.78 is 4.47. The summed E-state index contributed by atoms with van der Waals surface area (Å²) in [7, 11) is 0. The second-order valence-corrected chi connectivity index (χ2v) is 2.25. The van der Waals surface area contributed by atoms with E-state index in [0.29, 0.717) is 17.3 Å². The van der Waals surface area contributed by atoms with Crippen molar-refractivity contribution in [2.24, 2.45) is 0 Å². The van der Waals surface area contributed by atoms with Gasteiger partial charge >= 0.3 is 0 Å². The summed E-state index contributed by atoms with van der Waals surface area (Å²) in [5.41, 5.74) is 0.643. The Morgan fingerprint density at radius 2 is 2.45 bits per heavy atom. The molecule has 0 aliphatic carbocycles. The highest BCUT2D eigenvalue weighted by Gasteiger charge is 1.93. The molecule has 0 radical (unpaired) electrons. The molecule has 0 unspecified atom stereocenters. The molecule has 4 heteroatoms. The number of hydrogen-bond donors (Lipinski definition) is 0. The molecule has 1 aromatic rings. The molecule has 0 aromatic carbocycles. The first-order chi connectivity index (χ1) is 5.33. The van der Waals surface area contributed by atoms with Crippen LogP contribution in [0.4, 0.5) is 0 Å². The maximum absolute atomic E-state index is 9.78. The van der Waals surface area contributed by atoms with Gasteiger partial charge in [-0.25, -0.2) is 4.98 Å². The lowest BCUT2D eigenvalue weighted by molar-refractivity contribution is -0.129. The van der Waals surface area contributed by atoms with Gasteiger partial charge in [-0.2, -0.15) is 0 Å². The molecule has 0 fully saturated rings. The maximum atomic E-state index is 9.78. The van der Waals surface area contributed by atoms with Crippen LogP contribution in [-0.4, -0.2) is 11.5 Å². The van der Waals surface area contributed by atoms with E-state index in [9.17, 15) is 4.79 Å². The van der Waals surface area contributed by atoms with Crippen molar-refractivity contribution in [1.29, 1.82) is 0 Å². The molecule has 0 N–H and O–H groups in total. The van der Waals surface area contributed by atoms with E-state index in [1.165, 1.54) is 0 Å². The number of ether oxygens (including phenoxy) is 1. The Bertz CT molecular complexity index is 252. The van der Waals surface area contributed by atoms with Crippen LogP contribution in [-0.2, 0) is 16.1 Å². The van der Waals surface area contributed by atoms with Crippen LogP contribution in [0.5, 0.6) is 0 Å². The molecule has 58 valence electrons. The molecule has 1 rings (SSSR count). The van der Waals surface area contributed by atoms with Gasteiger partial charge in [0.05, 0.1) is 5.69 Å². The molecule has 0 spiro atoms. The fourth-order valence-electron chi connectivity index (χ4n) is 0.650. The topological polar surface area (TPSA) is 39.2 Å². The summed E-state index contributed by atoms with van der Waals surface area (Å²) in [6, 6.07) is 5.14. The molecule has 1 heterocycles. The first-order valence-corrected chi connectivity index (χ1v) is 3.37. The summed E-state index contributed by atoms with van der Waals surface area (Å²) >= 11 is 5.57. The lowest BCUT2D eigenvalue weighted by Crippen LogP contribution is -1.93. The average molecular weight is 172 g/mol. The van der Waals surface area contributed by atoms with Crippen LogP contribution in [0, 0.1) is 0 Å². The molecule has 0 aliphatic rings. The van der Waals surface area contributed by atoms with Crippen molar-refractivity contribution in [1.82, 2.24) is 4.98 Å². The minimum absolute atomic E-state index is 0.171. The second kappa shape index (κ2) is 3.93. The maximum Gasteiger partial charge on any atom is 0.293 e. The number of carbonyl (C=O) groups excluding carboxylic acids is 1. The summed E-state index contributed by atoms with van der Waals surface area (Å²) in [5.74, 6) is 0. The van der Waals surface area contributed by atoms with Crippen molar-refractivity contribution < 1.29 is 9.53 Å². The molecule has 0 atom stereocenters. The Balaban J connectivity index is 2.63. The summed E-state index contributed by atoms with van der Waals surface area (Å²) in [5, 5.41) is 0.400. The second-order valence-electron chi connectivity index (χ2n) is 1.86. The Morgan fingerprint density at radius 1 is 1.64 bits per heavy atom. The van der Waals surface area contributed by atoms with Crippen LogP contribution in [0.3, 0.4) is 0 Å². The van der Waals surface area contributed by atoms with Crippen molar-refractivity contribution in [3.05, 3.63) is 29.0 Å². The quantitative estimate of drug-likeness (QED) is 0.510. The fourth-order valence-corrected chi connectivity index (χ4v) is 0.831. The molecule has 0 bridgehead atoms. The molecule has 3 nitrogen and oxygen atoms in total. The SMILES string of the molecule is O=COCc1cccc(Cl)n1. The van der Waals surface area contributed by atoms with Gasteiger partial charge in [0.1, 0.15) is 11.8 Å². The number of nitrogens with zero attached hydrogens (tertiary/aromatic N) is 1. The van der Waals surface area contributed by atoms with Crippen LogP contribution in [0.2, 0.25) is 5.15 Å². The first kappa shape index (κ1) is 8.01. The highest BCUT2D eigenvalue weighted by atomic mass is 35.5. The van der Waals surface area contributed by atoms with Gasteiger partial charge in [0.2, 0.25) is 0 Å². The monoisotopic (exact) mass is 171 g/mol. The Kier molecular flexibility index (Phi) is 2.86. The molecule has 1 aromatic heterocycles. The van der Waals surface area contributed by atoms with E-state index in [0.717, 1.165) is 0 Å². The van der Waals surface area contributed by atoms with Gasteiger partial charge in [0, 0.05) is 0 Å². The highest BCUT2D eigenvalue weighted by Crippen LogP contribution is 2.05. The highest BCUT2D eigenvalue weighted by molar-refractivity contribution is 6.29. The summed E-state index contributed by atoms with van der Waals surface area (Å²) in [6.45, 7) is 0.548. The van der Waals surface area contributed by atoms with Crippen LogP contribution in [0.15, 0.2) is 18.2 Å². The molecule has 0 amide bonds. The van der Waals surface area contributed by atoms with Crippen molar-refractivity contribution in [3.8, 4) is 0 Å². The van der Waals surface area contributed by atoms with Crippen LogP contribution < -0.4 is 0 Å². The van der Waals surface area contributed by atoms with Gasteiger partial charge in [0.25, 0.3) is 6.47 Å². The van der Waals surface area contributed by atoms with E-state index in [1.54, 1.807) is 18.2 Å². The van der Waals surface area contributed by atoms with Crippen LogP contribution >= 0.6 is 11.6 Å². The largest absolute Gasteiger partial charge is 0.461 e. The molecular formula is C7H6ClNO2. The van der Waals surface area contributed by atoms with E-state index < -0.39 is 0 Å². The number of rotatable bonds is 3. The van der Waals surface area contributed by atoms with Crippen molar-refractivity contribution in [2.45, 2.75) is 6.61 Å². The zero-order chi connectivity index (χ0) is 8.10. The van der Waals surface area contributed by atoms with Crippen molar-refractivity contribution >= 4 is 18.1 Å². The minimum Gasteiger partial charge on any atom is -0.461 e. The number of hydrogen-bond acceptors (Lipinski definition) is 3. The van der Waals surface area contributed by atoms with E-state index in [-0.39, 0.29) is 6.61 Å². The molecule has 0 saturated carbocycles. The van der Waals surface area contributed by atoms with Gasteiger partial charge < -0.3 is 4.74 Å². The molecule has 0 saturated heterocycles.